The zero-order chi connectivity index (χ0) is 11.3. The van der Waals surface area contributed by atoms with Crippen LogP contribution in [-0.2, 0) is 6.42 Å². The van der Waals surface area contributed by atoms with Gasteiger partial charge in [0.25, 0.3) is 0 Å². The van der Waals surface area contributed by atoms with Crippen LogP contribution in [0.15, 0.2) is 18.2 Å². The van der Waals surface area contributed by atoms with Gasteiger partial charge in [-0.1, -0.05) is 37.6 Å². The monoisotopic (exact) mass is 235 g/mol. The van der Waals surface area contributed by atoms with E-state index >= 15 is 0 Å². The Morgan fingerprint density at radius 1 is 1.44 bits per heavy atom. The highest BCUT2D eigenvalue weighted by atomic mass is 35.5. The quantitative estimate of drug-likeness (QED) is 0.728. The van der Waals surface area contributed by atoms with E-state index in [4.69, 9.17) is 11.6 Å². The molecule has 1 heterocycles. The first-order chi connectivity index (χ1) is 7.63. The van der Waals surface area contributed by atoms with E-state index in [1.165, 1.54) is 11.1 Å². The molecule has 1 saturated heterocycles. The summed E-state index contributed by atoms with van der Waals surface area (Å²) in [5.41, 5.74) is 3.29. The lowest BCUT2D eigenvalue weighted by atomic mass is 9.61. The van der Waals surface area contributed by atoms with Gasteiger partial charge in [0.05, 0.1) is 0 Å². The minimum Gasteiger partial charge on any atom is -0.316 e. The molecule has 1 fully saturated rings. The molecule has 1 aromatic rings. The van der Waals surface area contributed by atoms with E-state index in [2.05, 4.69) is 31.3 Å². The first-order valence-corrected chi connectivity index (χ1v) is 6.49. The Hall–Kier alpha value is -0.530. The second-order valence-corrected chi connectivity index (χ2v) is 6.01. The van der Waals surface area contributed by atoms with Crippen LogP contribution in [0.25, 0.3) is 0 Å². The molecule has 16 heavy (non-hydrogen) atoms. The number of rotatable bonds is 0. The maximum absolute atomic E-state index is 6.32. The Balaban J connectivity index is 2.16. The molecule has 0 spiro atoms. The zero-order valence-corrected chi connectivity index (χ0v) is 10.6. The van der Waals surface area contributed by atoms with Gasteiger partial charge >= 0.3 is 0 Å². The van der Waals surface area contributed by atoms with Crippen molar-refractivity contribution in [1.29, 1.82) is 0 Å². The Bertz CT molecular complexity index is 429. The van der Waals surface area contributed by atoms with Gasteiger partial charge in [-0.15, -0.1) is 0 Å². The number of hydrogen-bond donors (Lipinski definition) is 1. The first-order valence-electron chi connectivity index (χ1n) is 6.11. The molecule has 3 rings (SSSR count). The van der Waals surface area contributed by atoms with Gasteiger partial charge < -0.3 is 5.32 Å². The van der Waals surface area contributed by atoms with Crippen LogP contribution in [0.2, 0.25) is 5.02 Å². The highest BCUT2D eigenvalue weighted by molar-refractivity contribution is 6.31. The Labute approximate surface area is 102 Å². The summed E-state index contributed by atoms with van der Waals surface area (Å²) in [5, 5.41) is 4.51. The van der Waals surface area contributed by atoms with Gasteiger partial charge in [-0.05, 0) is 34.9 Å². The molecule has 0 radical (unpaired) electrons. The van der Waals surface area contributed by atoms with Gasteiger partial charge in [0.1, 0.15) is 0 Å². The van der Waals surface area contributed by atoms with Crippen molar-refractivity contribution in [2.24, 2.45) is 11.3 Å². The highest BCUT2D eigenvalue weighted by Crippen LogP contribution is 2.51. The molecule has 2 heteroatoms. The zero-order valence-electron chi connectivity index (χ0n) is 9.89. The predicted octanol–water partition coefficient (Wildman–Crippen LogP) is 3.23. The van der Waals surface area contributed by atoms with Crippen LogP contribution < -0.4 is 5.32 Å². The number of benzene rings is 1. The van der Waals surface area contributed by atoms with Crippen LogP contribution in [0, 0.1) is 11.3 Å². The van der Waals surface area contributed by atoms with E-state index < -0.39 is 0 Å². The Morgan fingerprint density at radius 2 is 2.25 bits per heavy atom. The molecular formula is C14H18ClN. The van der Waals surface area contributed by atoms with Crippen molar-refractivity contribution in [2.45, 2.75) is 26.2 Å². The molecule has 3 atom stereocenters. The molecule has 1 aliphatic heterocycles. The Morgan fingerprint density at radius 3 is 3.06 bits per heavy atom. The van der Waals surface area contributed by atoms with E-state index in [1.54, 1.807) is 0 Å². The first kappa shape index (κ1) is 10.6. The minimum absolute atomic E-state index is 0.414. The third kappa shape index (κ3) is 1.28. The molecule has 1 aliphatic carbocycles. The standard InChI is InChI=1S/C14H18ClN/c1-9-6-11-10(4-3-5-13(11)15)12-7-16-8-14(9,12)2/h3-5,9,12,16H,6-8H2,1-2H3. The molecule has 0 amide bonds. The van der Waals surface area contributed by atoms with Gasteiger partial charge in [-0.3, -0.25) is 0 Å². The molecule has 1 N–H and O–H groups in total. The molecule has 3 unspecified atom stereocenters. The van der Waals surface area contributed by atoms with E-state index in [0.29, 0.717) is 17.3 Å². The van der Waals surface area contributed by atoms with Crippen molar-refractivity contribution in [3.63, 3.8) is 0 Å². The summed E-state index contributed by atoms with van der Waals surface area (Å²) in [6.45, 7) is 7.04. The van der Waals surface area contributed by atoms with Crippen LogP contribution in [0.4, 0.5) is 0 Å². The molecule has 0 saturated carbocycles. The van der Waals surface area contributed by atoms with Crippen molar-refractivity contribution in [3.8, 4) is 0 Å². The third-order valence-electron chi connectivity index (χ3n) is 4.82. The average molecular weight is 236 g/mol. The minimum atomic E-state index is 0.414. The maximum Gasteiger partial charge on any atom is 0.0440 e. The summed E-state index contributed by atoms with van der Waals surface area (Å²) in [4.78, 5) is 0. The largest absolute Gasteiger partial charge is 0.316 e. The summed E-state index contributed by atoms with van der Waals surface area (Å²) in [6.07, 6.45) is 1.13. The SMILES string of the molecule is CC1Cc2c(Cl)cccc2C2CNCC12C. The summed E-state index contributed by atoms with van der Waals surface area (Å²) < 4.78 is 0. The van der Waals surface area contributed by atoms with Gasteiger partial charge in [0.2, 0.25) is 0 Å². The van der Waals surface area contributed by atoms with Gasteiger partial charge in [0.15, 0.2) is 0 Å². The van der Waals surface area contributed by atoms with E-state index in [0.717, 1.165) is 24.5 Å². The van der Waals surface area contributed by atoms with Gasteiger partial charge in [-0.2, -0.15) is 0 Å². The number of fused-ring (bicyclic) bond motifs is 3. The van der Waals surface area contributed by atoms with E-state index in [-0.39, 0.29) is 0 Å². The predicted molar refractivity (Wildman–Crippen MR) is 68.0 cm³/mol. The fourth-order valence-corrected chi connectivity index (χ4v) is 3.74. The topological polar surface area (TPSA) is 12.0 Å². The molecule has 0 aromatic heterocycles. The summed E-state index contributed by atoms with van der Waals surface area (Å²) in [7, 11) is 0. The number of hydrogen-bond acceptors (Lipinski definition) is 1. The molecular weight excluding hydrogens is 218 g/mol. The fraction of sp³-hybridized carbons (Fsp3) is 0.571. The molecule has 1 nitrogen and oxygen atoms in total. The third-order valence-corrected chi connectivity index (χ3v) is 5.17. The molecule has 1 aromatic carbocycles. The molecule has 0 bridgehead atoms. The molecule has 2 aliphatic rings. The van der Waals surface area contributed by atoms with Gasteiger partial charge in [-0.25, -0.2) is 0 Å². The van der Waals surface area contributed by atoms with Crippen molar-refractivity contribution in [1.82, 2.24) is 5.32 Å². The highest BCUT2D eigenvalue weighted by Gasteiger charge is 2.47. The number of halogens is 1. The smallest absolute Gasteiger partial charge is 0.0440 e. The second-order valence-electron chi connectivity index (χ2n) is 5.60. The molecule has 86 valence electrons. The van der Waals surface area contributed by atoms with Crippen molar-refractivity contribution in [2.75, 3.05) is 13.1 Å². The lowest BCUT2D eigenvalue weighted by Gasteiger charge is -2.42. The van der Waals surface area contributed by atoms with Crippen LogP contribution in [0.1, 0.15) is 30.9 Å². The van der Waals surface area contributed by atoms with Crippen LogP contribution in [-0.4, -0.2) is 13.1 Å². The van der Waals surface area contributed by atoms with Crippen molar-refractivity contribution < 1.29 is 0 Å². The van der Waals surface area contributed by atoms with E-state index in [9.17, 15) is 0 Å². The summed E-state index contributed by atoms with van der Waals surface area (Å²) >= 11 is 6.32. The lowest BCUT2D eigenvalue weighted by Crippen LogP contribution is -2.37. The fourth-order valence-electron chi connectivity index (χ4n) is 3.48. The summed E-state index contributed by atoms with van der Waals surface area (Å²) in [6, 6.07) is 6.39. The van der Waals surface area contributed by atoms with Crippen molar-refractivity contribution in [3.05, 3.63) is 34.3 Å². The number of nitrogens with one attached hydrogen (secondary N) is 1. The second kappa shape index (κ2) is 3.48. The van der Waals surface area contributed by atoms with Crippen LogP contribution in [0.3, 0.4) is 0 Å². The maximum atomic E-state index is 6.32. The average Bonchev–Trinajstić information content (AvgIpc) is 2.64. The Kier molecular flexibility index (Phi) is 2.31. The van der Waals surface area contributed by atoms with E-state index in [1.807, 2.05) is 6.07 Å². The van der Waals surface area contributed by atoms with Crippen molar-refractivity contribution >= 4 is 11.6 Å². The van der Waals surface area contributed by atoms with Crippen LogP contribution in [0.5, 0.6) is 0 Å². The van der Waals surface area contributed by atoms with Gasteiger partial charge in [0, 0.05) is 24.0 Å². The van der Waals surface area contributed by atoms with Crippen LogP contribution >= 0.6 is 11.6 Å². The summed E-state index contributed by atoms with van der Waals surface area (Å²) in [5.74, 6) is 1.35. The lowest BCUT2D eigenvalue weighted by molar-refractivity contribution is 0.184. The normalized spacial score (nSPS) is 36.9.